The number of carbonyl (C=O) groups is 1. The SMILES string of the molecule is CCc1ccc(C(=O)N/N=C2/CC[C@H]3CCCC[C@H]3C2)cc1. The molecule has 22 heavy (non-hydrogen) atoms. The monoisotopic (exact) mass is 298 g/mol. The molecule has 3 rings (SSSR count). The normalized spacial score (nSPS) is 26.5. The molecule has 0 aromatic heterocycles. The van der Waals surface area contributed by atoms with Crippen LogP contribution in [-0.2, 0) is 6.42 Å². The highest BCUT2D eigenvalue weighted by molar-refractivity contribution is 5.95. The molecule has 0 spiro atoms. The minimum atomic E-state index is -0.0964. The molecule has 0 radical (unpaired) electrons. The molecular weight excluding hydrogens is 272 g/mol. The van der Waals surface area contributed by atoms with Gasteiger partial charge in [0.05, 0.1) is 0 Å². The minimum absolute atomic E-state index is 0.0964. The summed E-state index contributed by atoms with van der Waals surface area (Å²) in [5.41, 5.74) is 5.87. The van der Waals surface area contributed by atoms with Crippen molar-refractivity contribution < 1.29 is 4.79 Å². The summed E-state index contributed by atoms with van der Waals surface area (Å²) in [6.45, 7) is 2.11. The highest BCUT2D eigenvalue weighted by Crippen LogP contribution is 2.39. The number of fused-ring (bicyclic) bond motifs is 1. The van der Waals surface area contributed by atoms with Gasteiger partial charge in [-0.3, -0.25) is 4.79 Å². The number of nitrogens with one attached hydrogen (secondary N) is 1. The summed E-state index contributed by atoms with van der Waals surface area (Å²) in [4.78, 5) is 12.2. The van der Waals surface area contributed by atoms with Crippen molar-refractivity contribution in [2.75, 3.05) is 0 Å². The van der Waals surface area contributed by atoms with Gasteiger partial charge in [-0.2, -0.15) is 5.10 Å². The lowest BCUT2D eigenvalue weighted by atomic mass is 9.70. The zero-order valence-corrected chi connectivity index (χ0v) is 13.5. The molecule has 2 atom stereocenters. The molecule has 2 aliphatic carbocycles. The average Bonchev–Trinajstić information content (AvgIpc) is 2.59. The van der Waals surface area contributed by atoms with Gasteiger partial charge in [0.1, 0.15) is 0 Å². The smallest absolute Gasteiger partial charge is 0.267 e. The van der Waals surface area contributed by atoms with Crippen molar-refractivity contribution in [3.05, 3.63) is 35.4 Å². The Morgan fingerprint density at radius 1 is 1.14 bits per heavy atom. The van der Waals surface area contributed by atoms with E-state index in [4.69, 9.17) is 0 Å². The summed E-state index contributed by atoms with van der Waals surface area (Å²) < 4.78 is 0. The number of hydrogen-bond acceptors (Lipinski definition) is 2. The fourth-order valence-corrected chi connectivity index (χ4v) is 3.88. The lowest BCUT2D eigenvalue weighted by Gasteiger charge is -2.35. The Bertz CT molecular complexity index is 547. The second-order valence-electron chi connectivity index (χ2n) is 6.72. The van der Waals surface area contributed by atoms with E-state index in [0.29, 0.717) is 5.56 Å². The Balaban J connectivity index is 1.57. The average molecular weight is 298 g/mol. The van der Waals surface area contributed by atoms with Gasteiger partial charge in [-0.05, 0) is 61.6 Å². The molecule has 1 amide bonds. The van der Waals surface area contributed by atoms with E-state index >= 15 is 0 Å². The van der Waals surface area contributed by atoms with Crippen LogP contribution in [0, 0.1) is 11.8 Å². The Hall–Kier alpha value is -1.64. The lowest BCUT2D eigenvalue weighted by Crippen LogP contribution is -2.29. The largest absolute Gasteiger partial charge is 0.271 e. The molecule has 3 nitrogen and oxygen atoms in total. The molecule has 0 unspecified atom stereocenters. The van der Waals surface area contributed by atoms with Gasteiger partial charge in [0.25, 0.3) is 5.91 Å². The van der Waals surface area contributed by atoms with Crippen LogP contribution in [0.15, 0.2) is 29.4 Å². The summed E-state index contributed by atoms with van der Waals surface area (Å²) in [6, 6.07) is 7.78. The Morgan fingerprint density at radius 3 is 2.59 bits per heavy atom. The Morgan fingerprint density at radius 2 is 1.86 bits per heavy atom. The highest BCUT2D eigenvalue weighted by atomic mass is 16.2. The number of carbonyl (C=O) groups excluding carboxylic acids is 1. The van der Waals surface area contributed by atoms with E-state index < -0.39 is 0 Å². The van der Waals surface area contributed by atoms with Crippen LogP contribution in [0.3, 0.4) is 0 Å². The van der Waals surface area contributed by atoms with Crippen LogP contribution in [0.4, 0.5) is 0 Å². The Kier molecular flexibility index (Phi) is 4.91. The number of nitrogens with zero attached hydrogens (tertiary/aromatic N) is 1. The predicted molar refractivity (Wildman–Crippen MR) is 90.0 cm³/mol. The molecule has 118 valence electrons. The maximum absolute atomic E-state index is 12.2. The summed E-state index contributed by atoms with van der Waals surface area (Å²) in [5, 5.41) is 4.41. The van der Waals surface area contributed by atoms with Gasteiger partial charge >= 0.3 is 0 Å². The van der Waals surface area contributed by atoms with E-state index in [2.05, 4.69) is 17.5 Å². The van der Waals surface area contributed by atoms with Crippen molar-refractivity contribution in [2.45, 2.75) is 58.3 Å². The van der Waals surface area contributed by atoms with Gasteiger partial charge in [-0.1, -0.05) is 38.3 Å². The standard InChI is InChI=1S/C19H26N2O/c1-2-14-7-9-16(10-8-14)19(22)21-20-18-12-11-15-5-3-4-6-17(15)13-18/h7-10,15,17H,2-6,11-13H2,1H3,(H,21,22)/b20-18-/t15-,17+/m1/s1. The van der Waals surface area contributed by atoms with Gasteiger partial charge in [-0.25, -0.2) is 5.43 Å². The van der Waals surface area contributed by atoms with Crippen molar-refractivity contribution in [1.82, 2.24) is 5.43 Å². The minimum Gasteiger partial charge on any atom is -0.267 e. The van der Waals surface area contributed by atoms with Crippen LogP contribution in [-0.4, -0.2) is 11.6 Å². The summed E-state index contributed by atoms with van der Waals surface area (Å²) in [7, 11) is 0. The number of aryl methyl sites for hydroxylation is 1. The fraction of sp³-hybridized carbons (Fsp3) is 0.579. The number of rotatable bonds is 3. The molecular formula is C19H26N2O. The molecule has 2 fully saturated rings. The molecule has 2 aliphatic rings. The van der Waals surface area contributed by atoms with Crippen LogP contribution in [0.5, 0.6) is 0 Å². The third-order valence-corrected chi connectivity index (χ3v) is 5.31. The molecule has 0 saturated heterocycles. The van der Waals surface area contributed by atoms with E-state index in [9.17, 15) is 4.79 Å². The van der Waals surface area contributed by atoms with E-state index in [-0.39, 0.29) is 5.91 Å². The first-order valence-corrected chi connectivity index (χ1v) is 8.71. The van der Waals surface area contributed by atoms with E-state index in [1.807, 2.05) is 24.3 Å². The van der Waals surface area contributed by atoms with Gasteiger partial charge in [0, 0.05) is 11.3 Å². The van der Waals surface area contributed by atoms with Gasteiger partial charge in [-0.15, -0.1) is 0 Å². The first-order chi connectivity index (χ1) is 10.8. The molecule has 0 heterocycles. The van der Waals surface area contributed by atoms with Crippen molar-refractivity contribution >= 4 is 11.6 Å². The molecule has 0 aliphatic heterocycles. The molecule has 2 saturated carbocycles. The highest BCUT2D eigenvalue weighted by Gasteiger charge is 2.30. The van der Waals surface area contributed by atoms with Crippen LogP contribution in [0.25, 0.3) is 0 Å². The zero-order valence-electron chi connectivity index (χ0n) is 13.5. The Labute approximate surface area is 133 Å². The van der Waals surface area contributed by atoms with Crippen LogP contribution >= 0.6 is 0 Å². The van der Waals surface area contributed by atoms with Gasteiger partial charge < -0.3 is 0 Å². The zero-order chi connectivity index (χ0) is 15.4. The summed E-state index contributed by atoms with van der Waals surface area (Å²) in [5.74, 6) is 1.62. The third-order valence-electron chi connectivity index (χ3n) is 5.31. The predicted octanol–water partition coefficient (Wildman–Crippen LogP) is 4.33. The second kappa shape index (κ2) is 7.08. The van der Waals surface area contributed by atoms with Crippen LogP contribution < -0.4 is 5.43 Å². The second-order valence-corrected chi connectivity index (χ2v) is 6.72. The molecule has 1 N–H and O–H groups in total. The third kappa shape index (κ3) is 3.57. The first kappa shape index (κ1) is 15.3. The lowest BCUT2D eigenvalue weighted by molar-refractivity contribution is 0.0954. The van der Waals surface area contributed by atoms with E-state index in [1.54, 1.807) is 0 Å². The molecule has 3 heteroatoms. The molecule has 1 aromatic rings. The topological polar surface area (TPSA) is 41.5 Å². The first-order valence-electron chi connectivity index (χ1n) is 8.71. The quantitative estimate of drug-likeness (QED) is 0.829. The van der Waals surface area contributed by atoms with Crippen molar-refractivity contribution in [3.8, 4) is 0 Å². The van der Waals surface area contributed by atoms with Crippen molar-refractivity contribution in [1.29, 1.82) is 0 Å². The van der Waals surface area contributed by atoms with Crippen LogP contribution in [0.2, 0.25) is 0 Å². The number of hydrogen-bond donors (Lipinski definition) is 1. The number of amides is 1. The van der Waals surface area contributed by atoms with Crippen LogP contribution in [0.1, 0.15) is 67.8 Å². The molecule has 0 bridgehead atoms. The summed E-state index contributed by atoms with van der Waals surface area (Å²) >= 11 is 0. The van der Waals surface area contributed by atoms with E-state index in [0.717, 1.165) is 31.1 Å². The number of hydrazone groups is 1. The van der Waals surface area contributed by atoms with Gasteiger partial charge in [0.15, 0.2) is 0 Å². The van der Waals surface area contributed by atoms with Crippen molar-refractivity contribution in [2.24, 2.45) is 16.9 Å². The fourth-order valence-electron chi connectivity index (χ4n) is 3.88. The van der Waals surface area contributed by atoms with Gasteiger partial charge in [0.2, 0.25) is 0 Å². The number of benzene rings is 1. The van der Waals surface area contributed by atoms with Crippen molar-refractivity contribution in [3.63, 3.8) is 0 Å². The van der Waals surface area contributed by atoms with E-state index in [1.165, 1.54) is 43.4 Å². The maximum atomic E-state index is 12.2. The molecule has 1 aromatic carbocycles. The summed E-state index contributed by atoms with van der Waals surface area (Å²) in [6.07, 6.45) is 9.89. The maximum Gasteiger partial charge on any atom is 0.271 e.